The fourth-order valence-electron chi connectivity index (χ4n) is 6.13. The van der Waals surface area contributed by atoms with E-state index in [1.807, 2.05) is 18.7 Å². The maximum atomic E-state index is 14.9. The van der Waals surface area contributed by atoms with E-state index in [2.05, 4.69) is 24.8 Å². The monoisotopic (exact) mass is 613 g/mol. The van der Waals surface area contributed by atoms with Gasteiger partial charge in [-0.3, -0.25) is 9.88 Å². The van der Waals surface area contributed by atoms with E-state index in [9.17, 15) is 22.0 Å². The molecule has 0 aliphatic carbocycles. The quantitative estimate of drug-likeness (QED) is 0.263. The predicted molar refractivity (Wildman–Crippen MR) is 151 cm³/mol. The third-order valence-corrected chi connectivity index (χ3v) is 8.42. The Kier molecular flexibility index (Phi) is 8.62. The van der Waals surface area contributed by atoms with Crippen molar-refractivity contribution in [3.63, 3.8) is 0 Å². The van der Waals surface area contributed by atoms with Crippen molar-refractivity contribution in [3.05, 3.63) is 28.4 Å². The number of anilines is 2. The van der Waals surface area contributed by atoms with Crippen LogP contribution in [-0.4, -0.2) is 69.3 Å². The molecule has 0 aromatic carbocycles. The summed E-state index contributed by atoms with van der Waals surface area (Å²) in [5.74, 6) is 0.145. The standard InChI is InChI=1S/C28H33ClF5N7O/c1-3-5-8-40(4-2)25-18-13-36-23(24-21(28(32,33)34)19(29)10-20(35)37-24)17(12-30)22(18)38-26(39-25)42-15-27-7-6-9-41(27)14-16(31)11-27/h10,13,16H,3-9,11-12,14-15H2,1-2H3,(H2,35,37)/t16-,27?/m1/s1. The number of rotatable bonds is 10. The number of nitrogens with two attached hydrogens (primary N) is 1. The number of unbranched alkanes of at least 4 members (excludes halogenated alkanes) is 1. The molecular weight excluding hydrogens is 581 g/mol. The van der Waals surface area contributed by atoms with E-state index < -0.39 is 40.8 Å². The second kappa shape index (κ2) is 11.9. The van der Waals surface area contributed by atoms with Crippen molar-refractivity contribution in [2.75, 3.05) is 43.4 Å². The summed E-state index contributed by atoms with van der Waals surface area (Å²) >= 11 is 5.96. The van der Waals surface area contributed by atoms with Crippen LogP contribution in [0.25, 0.3) is 22.3 Å². The zero-order valence-corrected chi connectivity index (χ0v) is 24.2. The van der Waals surface area contributed by atoms with Crippen LogP contribution in [-0.2, 0) is 12.9 Å². The Morgan fingerprint density at radius 3 is 2.69 bits per heavy atom. The van der Waals surface area contributed by atoms with Crippen molar-refractivity contribution in [1.29, 1.82) is 0 Å². The largest absolute Gasteiger partial charge is 0.461 e. The number of ether oxygens (including phenoxy) is 1. The van der Waals surface area contributed by atoms with Gasteiger partial charge in [-0.05, 0) is 38.8 Å². The molecule has 2 N–H and O–H groups in total. The number of hydrogen-bond acceptors (Lipinski definition) is 8. The molecule has 0 spiro atoms. The van der Waals surface area contributed by atoms with Crippen molar-refractivity contribution in [1.82, 2.24) is 24.8 Å². The second-order valence-electron chi connectivity index (χ2n) is 10.9. The highest BCUT2D eigenvalue weighted by Gasteiger charge is 2.49. The summed E-state index contributed by atoms with van der Waals surface area (Å²) in [5, 5.41) is -0.325. The van der Waals surface area contributed by atoms with Crippen LogP contribution in [0.3, 0.4) is 0 Å². The number of halogens is 6. The van der Waals surface area contributed by atoms with Crippen LogP contribution in [0.5, 0.6) is 6.01 Å². The van der Waals surface area contributed by atoms with Crippen LogP contribution < -0.4 is 15.4 Å². The zero-order chi connectivity index (χ0) is 30.2. The number of alkyl halides is 5. The first-order valence-corrected chi connectivity index (χ1v) is 14.4. The molecule has 2 saturated heterocycles. The van der Waals surface area contributed by atoms with E-state index in [4.69, 9.17) is 22.1 Å². The van der Waals surface area contributed by atoms with E-state index in [-0.39, 0.29) is 35.2 Å². The minimum atomic E-state index is -4.91. The molecule has 1 unspecified atom stereocenters. The molecule has 5 rings (SSSR count). The molecule has 2 fully saturated rings. The smallest absolute Gasteiger partial charge is 0.420 e. The lowest BCUT2D eigenvalue weighted by Gasteiger charge is -2.31. The van der Waals surface area contributed by atoms with Gasteiger partial charge >= 0.3 is 12.2 Å². The van der Waals surface area contributed by atoms with Crippen molar-refractivity contribution in [2.24, 2.45) is 0 Å². The van der Waals surface area contributed by atoms with E-state index in [0.29, 0.717) is 37.3 Å². The molecule has 0 radical (unpaired) electrons. The Balaban J connectivity index is 1.67. The molecular formula is C28H33ClF5N7O. The van der Waals surface area contributed by atoms with Gasteiger partial charge in [0, 0.05) is 37.8 Å². The van der Waals surface area contributed by atoms with Gasteiger partial charge in [0.2, 0.25) is 0 Å². The summed E-state index contributed by atoms with van der Waals surface area (Å²) in [6.07, 6.45) is -0.798. The fraction of sp³-hybridized carbons (Fsp3) is 0.571. The summed E-state index contributed by atoms with van der Waals surface area (Å²) in [7, 11) is 0. The number of pyridine rings is 2. The van der Waals surface area contributed by atoms with Crippen molar-refractivity contribution in [2.45, 2.75) is 70.5 Å². The summed E-state index contributed by atoms with van der Waals surface area (Å²) in [4.78, 5) is 21.3. The lowest BCUT2D eigenvalue weighted by molar-refractivity contribution is -0.137. The number of nitrogens with zero attached hydrogens (tertiary/aromatic N) is 6. The van der Waals surface area contributed by atoms with Crippen LogP contribution in [0.2, 0.25) is 5.02 Å². The van der Waals surface area contributed by atoms with Crippen molar-refractivity contribution < 1.29 is 26.7 Å². The Hall–Kier alpha value is -3.06. The summed E-state index contributed by atoms with van der Waals surface area (Å²) < 4.78 is 77.6. The number of nitrogen functional groups attached to an aromatic ring is 1. The lowest BCUT2D eigenvalue weighted by atomic mass is 9.95. The summed E-state index contributed by atoms with van der Waals surface area (Å²) in [6, 6.07) is 0.817. The molecule has 2 aliphatic heterocycles. The number of aromatic nitrogens is 4. The Labute approximate surface area is 245 Å². The van der Waals surface area contributed by atoms with Crippen LogP contribution >= 0.6 is 11.6 Å². The normalized spacial score (nSPS) is 20.8. The highest BCUT2D eigenvalue weighted by atomic mass is 35.5. The van der Waals surface area contributed by atoms with Gasteiger partial charge in [0.15, 0.2) is 0 Å². The second-order valence-corrected chi connectivity index (χ2v) is 11.3. The molecule has 2 aliphatic rings. The number of fused-ring (bicyclic) bond motifs is 2. The van der Waals surface area contributed by atoms with Gasteiger partial charge in [-0.2, -0.15) is 23.1 Å². The van der Waals surface area contributed by atoms with Gasteiger partial charge in [0.1, 0.15) is 42.3 Å². The SMILES string of the molecule is CCCCN(CC)c1nc(OCC23CCCN2C[C@H](F)C3)nc2c(CF)c(-c3nc(N)cc(Cl)c3C(F)(F)F)ncc12. The molecule has 8 nitrogen and oxygen atoms in total. The summed E-state index contributed by atoms with van der Waals surface area (Å²) in [5.41, 5.74) is 2.74. The maximum Gasteiger partial charge on any atom is 0.420 e. The van der Waals surface area contributed by atoms with Gasteiger partial charge in [-0.15, -0.1) is 0 Å². The predicted octanol–water partition coefficient (Wildman–Crippen LogP) is 6.39. The van der Waals surface area contributed by atoms with Gasteiger partial charge in [0.05, 0.1) is 27.2 Å². The van der Waals surface area contributed by atoms with Crippen LogP contribution in [0.1, 0.15) is 57.1 Å². The minimum absolute atomic E-state index is 0.0430. The molecule has 0 saturated carbocycles. The fourth-order valence-corrected chi connectivity index (χ4v) is 6.43. The van der Waals surface area contributed by atoms with Crippen LogP contribution in [0.15, 0.2) is 12.3 Å². The average Bonchev–Trinajstić information content (AvgIpc) is 3.45. The molecule has 2 atom stereocenters. The van der Waals surface area contributed by atoms with E-state index in [0.717, 1.165) is 38.3 Å². The van der Waals surface area contributed by atoms with Crippen LogP contribution in [0.4, 0.5) is 33.6 Å². The highest BCUT2D eigenvalue weighted by molar-refractivity contribution is 6.32. The topological polar surface area (TPSA) is 93.3 Å². The average molecular weight is 614 g/mol. The molecule has 0 amide bonds. The molecule has 14 heteroatoms. The van der Waals surface area contributed by atoms with Gasteiger partial charge < -0.3 is 15.4 Å². The molecule has 0 bridgehead atoms. The van der Waals surface area contributed by atoms with Crippen LogP contribution in [0, 0.1) is 0 Å². The van der Waals surface area contributed by atoms with E-state index in [1.165, 1.54) is 6.20 Å². The molecule has 3 aromatic rings. The zero-order valence-electron chi connectivity index (χ0n) is 23.4. The first-order valence-electron chi connectivity index (χ1n) is 14.1. The van der Waals surface area contributed by atoms with Crippen molar-refractivity contribution >= 4 is 34.1 Å². The minimum Gasteiger partial charge on any atom is -0.461 e. The molecule has 42 heavy (non-hydrogen) atoms. The molecule has 5 heterocycles. The third kappa shape index (κ3) is 5.64. The first kappa shape index (κ1) is 30.4. The first-order chi connectivity index (χ1) is 20.0. The highest BCUT2D eigenvalue weighted by Crippen LogP contribution is 2.44. The van der Waals surface area contributed by atoms with Gasteiger partial charge in [-0.1, -0.05) is 24.9 Å². The third-order valence-electron chi connectivity index (χ3n) is 8.13. The Morgan fingerprint density at radius 2 is 2.00 bits per heavy atom. The maximum absolute atomic E-state index is 14.9. The lowest BCUT2D eigenvalue weighted by Crippen LogP contribution is -2.43. The van der Waals surface area contributed by atoms with Gasteiger partial charge in [-0.25, -0.2) is 13.8 Å². The number of hydrogen-bond donors (Lipinski definition) is 1. The Bertz CT molecular complexity index is 1460. The van der Waals surface area contributed by atoms with Crippen molar-refractivity contribution in [3.8, 4) is 17.4 Å². The van der Waals surface area contributed by atoms with E-state index in [1.54, 1.807) is 0 Å². The summed E-state index contributed by atoms with van der Waals surface area (Å²) in [6.45, 7) is 5.19. The van der Waals surface area contributed by atoms with E-state index >= 15 is 0 Å². The Morgan fingerprint density at radius 1 is 1.21 bits per heavy atom. The van der Waals surface area contributed by atoms with Gasteiger partial charge in [0.25, 0.3) is 0 Å². The molecule has 228 valence electrons. The molecule has 3 aromatic heterocycles.